The van der Waals surface area contributed by atoms with E-state index >= 15 is 0 Å². The molecule has 0 aliphatic heterocycles. The van der Waals surface area contributed by atoms with Crippen LogP contribution in [0, 0.1) is 13.8 Å². The van der Waals surface area contributed by atoms with Crippen molar-refractivity contribution >= 4 is 99.5 Å². The summed E-state index contributed by atoms with van der Waals surface area (Å²) in [6, 6.07) is 66.9. The molecule has 0 unspecified atom stereocenters. The van der Waals surface area contributed by atoms with Crippen molar-refractivity contribution in [3.63, 3.8) is 0 Å². The van der Waals surface area contributed by atoms with Gasteiger partial charge in [-0.05, 0) is 111 Å². The SMILES string of the molecule is Cc1cccc(N(c2cccc3c2Cc2c-3cccc2C(C)(C)C)c2cc3oc4c5ccccc5c(N(c5cccc(C)c5)c5cccc6c5oc5c(C(C)(C)C)cccc56)cc4c3c3ccccc23)c1. The number of fused-ring (bicyclic) bond motifs is 13. The number of anilines is 6. The van der Waals surface area contributed by atoms with Gasteiger partial charge in [0, 0.05) is 67.1 Å². The lowest BCUT2D eigenvalue weighted by Crippen LogP contribution is -2.14. The number of para-hydroxylation sites is 2. The van der Waals surface area contributed by atoms with Gasteiger partial charge in [-0.25, -0.2) is 0 Å². The fraction of sp³-hybridized carbons (Fsp3) is 0.164. The second kappa shape index (κ2) is 15.7. The first-order valence-electron chi connectivity index (χ1n) is 25.0. The van der Waals surface area contributed by atoms with Gasteiger partial charge >= 0.3 is 0 Å². The summed E-state index contributed by atoms with van der Waals surface area (Å²) in [6.45, 7) is 18.1. The summed E-state index contributed by atoms with van der Waals surface area (Å²) in [5, 5.41) is 8.81. The lowest BCUT2D eigenvalue weighted by molar-refractivity contribution is 0.573. The number of aryl methyl sites for hydroxylation is 2. The second-order valence-corrected chi connectivity index (χ2v) is 21.8. The Bertz CT molecular complexity index is 4150. The van der Waals surface area contributed by atoms with Crippen LogP contribution in [0.2, 0.25) is 0 Å². The smallest absolute Gasteiger partial charge is 0.159 e. The summed E-state index contributed by atoms with van der Waals surface area (Å²) in [6.07, 6.45) is 0.868. The Kier molecular flexibility index (Phi) is 9.51. The molecule has 0 saturated carbocycles. The largest absolute Gasteiger partial charge is 0.455 e. The van der Waals surface area contributed by atoms with Crippen molar-refractivity contribution in [1.82, 2.24) is 0 Å². The highest BCUT2D eigenvalue weighted by Crippen LogP contribution is 2.53. The van der Waals surface area contributed by atoms with Crippen molar-refractivity contribution in [2.75, 3.05) is 9.80 Å². The highest BCUT2D eigenvalue weighted by Gasteiger charge is 2.32. The molecular weight excluding hydrogens is 865 g/mol. The van der Waals surface area contributed by atoms with Crippen LogP contribution in [0.3, 0.4) is 0 Å². The monoisotopic (exact) mass is 920 g/mol. The number of hydrogen-bond donors (Lipinski definition) is 0. The summed E-state index contributed by atoms with van der Waals surface area (Å²) in [7, 11) is 0. The minimum Gasteiger partial charge on any atom is -0.455 e. The molecule has 0 radical (unpaired) electrons. The van der Waals surface area contributed by atoms with Crippen LogP contribution in [-0.4, -0.2) is 0 Å². The van der Waals surface area contributed by atoms with Gasteiger partial charge in [0.25, 0.3) is 0 Å². The predicted molar refractivity (Wildman–Crippen MR) is 300 cm³/mol. The van der Waals surface area contributed by atoms with Crippen molar-refractivity contribution in [2.45, 2.75) is 72.6 Å². The fourth-order valence-electron chi connectivity index (χ4n) is 11.8. The van der Waals surface area contributed by atoms with Gasteiger partial charge in [-0.3, -0.25) is 0 Å². The van der Waals surface area contributed by atoms with Crippen molar-refractivity contribution in [1.29, 1.82) is 0 Å². The van der Waals surface area contributed by atoms with Crippen LogP contribution in [-0.2, 0) is 17.3 Å². The average molecular weight is 921 g/mol. The molecule has 2 aromatic heterocycles. The maximum Gasteiger partial charge on any atom is 0.159 e. The van der Waals surface area contributed by atoms with E-state index < -0.39 is 0 Å². The molecule has 0 bridgehead atoms. The lowest BCUT2D eigenvalue weighted by atomic mass is 9.82. The van der Waals surface area contributed by atoms with Crippen LogP contribution in [0.25, 0.3) is 76.5 Å². The minimum absolute atomic E-state index is 0.0182. The van der Waals surface area contributed by atoms with Gasteiger partial charge in [-0.15, -0.1) is 0 Å². The first kappa shape index (κ1) is 43.0. The predicted octanol–water partition coefficient (Wildman–Crippen LogP) is 19.5. The van der Waals surface area contributed by atoms with Crippen molar-refractivity contribution < 1.29 is 8.83 Å². The third-order valence-corrected chi connectivity index (χ3v) is 15.0. The van der Waals surface area contributed by atoms with Gasteiger partial charge in [0.2, 0.25) is 0 Å². The van der Waals surface area contributed by atoms with Gasteiger partial charge in [0.05, 0.1) is 22.7 Å². The summed E-state index contributed by atoms with van der Waals surface area (Å²) >= 11 is 0. The molecule has 2 heterocycles. The molecule has 0 fully saturated rings. The van der Waals surface area contributed by atoms with Gasteiger partial charge in [-0.1, -0.05) is 175 Å². The van der Waals surface area contributed by atoms with Gasteiger partial charge in [0.1, 0.15) is 16.7 Å². The third-order valence-electron chi connectivity index (χ3n) is 15.0. The van der Waals surface area contributed by atoms with Crippen LogP contribution >= 0.6 is 0 Å². The molecule has 0 atom stereocenters. The maximum absolute atomic E-state index is 7.31. The molecular formula is C67H56N2O2. The summed E-state index contributed by atoms with van der Waals surface area (Å²) < 4.78 is 14.4. The molecule has 12 aromatic rings. The lowest BCUT2D eigenvalue weighted by Gasteiger charge is -2.29. The maximum atomic E-state index is 7.31. The van der Waals surface area contributed by atoms with Gasteiger partial charge in [0.15, 0.2) is 5.58 Å². The molecule has 0 N–H and O–H groups in total. The molecule has 4 nitrogen and oxygen atoms in total. The molecule has 1 aliphatic carbocycles. The normalized spacial score (nSPS) is 12.7. The Morgan fingerprint density at radius 1 is 0.366 bits per heavy atom. The Balaban J connectivity index is 1.08. The zero-order valence-electron chi connectivity index (χ0n) is 41.7. The Morgan fingerprint density at radius 2 is 0.859 bits per heavy atom. The second-order valence-electron chi connectivity index (χ2n) is 21.8. The van der Waals surface area contributed by atoms with Gasteiger partial charge in [-0.2, -0.15) is 0 Å². The number of nitrogens with zero attached hydrogens (tertiary/aromatic N) is 2. The van der Waals surface area contributed by atoms with E-state index in [2.05, 4.69) is 247 Å². The number of rotatable bonds is 6. The van der Waals surface area contributed by atoms with Crippen LogP contribution in [0.5, 0.6) is 0 Å². The van der Waals surface area contributed by atoms with E-state index in [1.807, 2.05) is 0 Å². The van der Waals surface area contributed by atoms with E-state index in [-0.39, 0.29) is 10.8 Å². The topological polar surface area (TPSA) is 32.8 Å². The molecule has 0 saturated heterocycles. The summed E-state index contributed by atoms with van der Waals surface area (Å²) in [5.74, 6) is 0. The molecule has 1 aliphatic rings. The van der Waals surface area contributed by atoms with Gasteiger partial charge < -0.3 is 18.6 Å². The summed E-state index contributed by atoms with van der Waals surface area (Å²) in [4.78, 5) is 4.90. The van der Waals surface area contributed by atoms with Crippen LogP contribution in [0.1, 0.15) is 74.9 Å². The molecule has 4 heteroatoms. The van der Waals surface area contributed by atoms with E-state index in [1.165, 1.54) is 50.2 Å². The van der Waals surface area contributed by atoms with E-state index in [4.69, 9.17) is 8.83 Å². The van der Waals surface area contributed by atoms with E-state index in [9.17, 15) is 0 Å². The van der Waals surface area contributed by atoms with E-state index in [0.717, 1.165) is 100 Å². The van der Waals surface area contributed by atoms with E-state index in [1.54, 1.807) is 0 Å². The molecule has 0 spiro atoms. The Morgan fingerprint density at radius 3 is 1.54 bits per heavy atom. The highest BCUT2D eigenvalue weighted by atomic mass is 16.3. The number of benzene rings is 10. The third kappa shape index (κ3) is 6.72. The molecule has 13 rings (SSSR count). The number of furan rings is 2. The average Bonchev–Trinajstić information content (AvgIpc) is 4.06. The Labute approximate surface area is 415 Å². The molecule has 10 aromatic carbocycles. The van der Waals surface area contributed by atoms with Crippen molar-refractivity contribution in [3.05, 3.63) is 215 Å². The quantitative estimate of drug-likeness (QED) is 0.166. The molecule has 0 amide bonds. The van der Waals surface area contributed by atoms with Crippen LogP contribution in [0.15, 0.2) is 191 Å². The first-order valence-corrected chi connectivity index (χ1v) is 25.0. The van der Waals surface area contributed by atoms with Crippen molar-refractivity contribution in [3.8, 4) is 11.1 Å². The first-order chi connectivity index (χ1) is 34.3. The van der Waals surface area contributed by atoms with Crippen LogP contribution < -0.4 is 9.80 Å². The Hall–Kier alpha value is -8.08. The fourth-order valence-corrected chi connectivity index (χ4v) is 11.8. The van der Waals surface area contributed by atoms with Crippen molar-refractivity contribution in [2.24, 2.45) is 0 Å². The zero-order valence-corrected chi connectivity index (χ0v) is 41.7. The zero-order chi connectivity index (χ0) is 48.5. The minimum atomic E-state index is -0.101. The molecule has 71 heavy (non-hydrogen) atoms. The standard InChI is InChI=1S/C67H56N2O2/c1-40-19-13-21-42(35-40)68(57-33-17-28-45-44-27-15-31-55(66(3,4)5)52(44)37-53(45)57)60-39-61-62(48-25-11-9-23-46(48)60)54-38-59(47-24-10-12-26-49(47)63(54)70-61)69(43-22-14-20-41(2)36-43)58-34-18-30-51-50-29-16-32-56(67(6,7)8)64(50)71-65(51)58/h9-36,38-39H,37H2,1-8H3. The van der Waals surface area contributed by atoms with E-state index in [0.29, 0.717) is 0 Å². The van der Waals surface area contributed by atoms with Crippen LogP contribution in [0.4, 0.5) is 34.1 Å². The number of hydrogen-bond acceptors (Lipinski definition) is 4. The highest BCUT2D eigenvalue weighted by molar-refractivity contribution is 6.28. The molecule has 346 valence electrons. The summed E-state index contributed by atoms with van der Waals surface area (Å²) in [5.41, 5.74) is 20.3.